The lowest BCUT2D eigenvalue weighted by atomic mass is 9.94. The van der Waals surface area contributed by atoms with E-state index in [0.717, 1.165) is 12.0 Å². The number of aliphatic hydroxyl groups is 1. The molecular formula is C15H19NO4. The van der Waals surface area contributed by atoms with E-state index in [9.17, 15) is 15.0 Å². The summed E-state index contributed by atoms with van der Waals surface area (Å²) in [5.41, 5.74) is 7.75. The predicted molar refractivity (Wildman–Crippen MR) is 74.3 cm³/mol. The van der Waals surface area contributed by atoms with Crippen LogP contribution in [0.4, 0.5) is 0 Å². The van der Waals surface area contributed by atoms with Crippen molar-refractivity contribution in [2.45, 2.75) is 37.8 Å². The summed E-state index contributed by atoms with van der Waals surface area (Å²) in [5, 5.41) is 28.6. The highest BCUT2D eigenvalue weighted by Crippen LogP contribution is 2.30. The monoisotopic (exact) mass is 277 g/mol. The third-order valence-electron chi connectivity index (χ3n) is 3.69. The van der Waals surface area contributed by atoms with Gasteiger partial charge in [-0.3, -0.25) is 0 Å². The Morgan fingerprint density at radius 2 is 1.90 bits per heavy atom. The number of hydrogen-bond donors (Lipinski definition) is 4. The molecular weight excluding hydrogens is 258 g/mol. The lowest BCUT2D eigenvalue weighted by Crippen LogP contribution is -2.38. The van der Waals surface area contributed by atoms with Gasteiger partial charge in [0, 0.05) is 11.6 Å². The van der Waals surface area contributed by atoms with Crippen LogP contribution in [0.25, 0.3) is 0 Å². The van der Waals surface area contributed by atoms with E-state index in [1.807, 2.05) is 0 Å². The van der Waals surface area contributed by atoms with E-state index in [-0.39, 0.29) is 5.75 Å². The molecule has 2 unspecified atom stereocenters. The lowest BCUT2D eigenvalue weighted by Gasteiger charge is -2.21. The zero-order chi connectivity index (χ0) is 14.7. The van der Waals surface area contributed by atoms with Crippen LogP contribution in [-0.4, -0.2) is 33.4 Å². The number of aliphatic hydroxyl groups excluding tert-OH is 1. The third kappa shape index (κ3) is 3.18. The second-order valence-electron chi connectivity index (χ2n) is 5.14. The molecule has 0 spiro atoms. The summed E-state index contributed by atoms with van der Waals surface area (Å²) >= 11 is 0. The molecule has 1 aromatic rings. The van der Waals surface area contributed by atoms with Crippen LogP contribution in [0.5, 0.6) is 5.75 Å². The molecule has 0 saturated carbocycles. The van der Waals surface area contributed by atoms with Crippen molar-refractivity contribution in [3.8, 4) is 5.75 Å². The first-order chi connectivity index (χ1) is 9.49. The first-order valence-electron chi connectivity index (χ1n) is 6.66. The highest BCUT2D eigenvalue weighted by atomic mass is 16.4. The SMILES string of the molecule is NC(Cc1ccc(O)cc1)C(O)C1=C(C(=O)O)CCC1. The number of aliphatic carboxylic acids is 1. The van der Waals surface area contributed by atoms with Gasteiger partial charge in [-0.05, 0) is 49.0 Å². The minimum Gasteiger partial charge on any atom is -0.508 e. The number of carbonyl (C=O) groups is 1. The maximum absolute atomic E-state index is 11.1. The number of benzene rings is 1. The zero-order valence-electron chi connectivity index (χ0n) is 11.1. The fraction of sp³-hybridized carbons (Fsp3) is 0.400. The quantitative estimate of drug-likeness (QED) is 0.647. The molecule has 0 fully saturated rings. The molecule has 1 aliphatic rings. The number of carboxylic acid groups (broad SMARTS) is 1. The van der Waals surface area contributed by atoms with Crippen LogP contribution in [0, 0.1) is 0 Å². The topological polar surface area (TPSA) is 104 Å². The van der Waals surface area contributed by atoms with Gasteiger partial charge in [0.15, 0.2) is 0 Å². The largest absolute Gasteiger partial charge is 0.508 e. The van der Waals surface area contributed by atoms with Crippen molar-refractivity contribution < 1.29 is 20.1 Å². The second kappa shape index (κ2) is 6.07. The van der Waals surface area contributed by atoms with E-state index >= 15 is 0 Å². The fourth-order valence-corrected chi connectivity index (χ4v) is 2.61. The van der Waals surface area contributed by atoms with Gasteiger partial charge in [-0.15, -0.1) is 0 Å². The van der Waals surface area contributed by atoms with E-state index < -0.39 is 18.1 Å². The molecule has 0 bridgehead atoms. The van der Waals surface area contributed by atoms with E-state index in [4.69, 9.17) is 10.8 Å². The van der Waals surface area contributed by atoms with Crippen LogP contribution in [-0.2, 0) is 11.2 Å². The first kappa shape index (κ1) is 14.6. The van der Waals surface area contributed by atoms with Crippen molar-refractivity contribution >= 4 is 5.97 Å². The fourth-order valence-electron chi connectivity index (χ4n) is 2.61. The molecule has 0 saturated heterocycles. The van der Waals surface area contributed by atoms with Crippen molar-refractivity contribution in [1.29, 1.82) is 0 Å². The molecule has 2 rings (SSSR count). The lowest BCUT2D eigenvalue weighted by molar-refractivity contribution is -0.132. The summed E-state index contributed by atoms with van der Waals surface area (Å²) in [6.45, 7) is 0. The van der Waals surface area contributed by atoms with Crippen LogP contribution in [0.1, 0.15) is 24.8 Å². The molecule has 0 aliphatic heterocycles. The normalized spacial score (nSPS) is 18.1. The summed E-state index contributed by atoms with van der Waals surface area (Å²) in [5.74, 6) is -0.789. The Morgan fingerprint density at radius 3 is 2.50 bits per heavy atom. The predicted octanol–water partition coefficient (Wildman–Crippen LogP) is 1.19. The molecule has 20 heavy (non-hydrogen) atoms. The van der Waals surface area contributed by atoms with Crippen LogP contribution < -0.4 is 5.73 Å². The Labute approximate surface area is 117 Å². The standard InChI is InChI=1S/C15H19NO4/c16-13(8-9-4-6-10(17)7-5-9)14(18)11-2-1-3-12(11)15(19)20/h4-7,13-14,17-18H,1-3,8,16H2,(H,19,20). The molecule has 1 aliphatic carbocycles. The molecule has 108 valence electrons. The summed E-state index contributed by atoms with van der Waals surface area (Å²) in [6, 6.07) is 6.05. The summed E-state index contributed by atoms with van der Waals surface area (Å²) < 4.78 is 0. The number of phenolic OH excluding ortho intramolecular Hbond substituents is 1. The van der Waals surface area contributed by atoms with Gasteiger partial charge in [0.2, 0.25) is 0 Å². The van der Waals surface area contributed by atoms with E-state index in [0.29, 0.717) is 30.4 Å². The van der Waals surface area contributed by atoms with Crippen LogP contribution >= 0.6 is 0 Å². The highest BCUT2D eigenvalue weighted by molar-refractivity contribution is 5.88. The minimum absolute atomic E-state index is 0.175. The van der Waals surface area contributed by atoms with Gasteiger partial charge in [0.05, 0.1) is 6.10 Å². The Balaban J connectivity index is 2.08. The molecule has 5 nitrogen and oxygen atoms in total. The van der Waals surface area contributed by atoms with Gasteiger partial charge in [0.1, 0.15) is 5.75 Å². The molecule has 0 radical (unpaired) electrons. The van der Waals surface area contributed by atoms with Gasteiger partial charge in [-0.25, -0.2) is 4.79 Å². The second-order valence-corrected chi connectivity index (χ2v) is 5.14. The average Bonchev–Trinajstić information content (AvgIpc) is 2.90. The van der Waals surface area contributed by atoms with Crippen LogP contribution in [0.15, 0.2) is 35.4 Å². The maximum atomic E-state index is 11.1. The number of phenols is 1. The van der Waals surface area contributed by atoms with Gasteiger partial charge < -0.3 is 21.1 Å². The number of nitrogens with two attached hydrogens (primary N) is 1. The van der Waals surface area contributed by atoms with Crippen LogP contribution in [0.3, 0.4) is 0 Å². The van der Waals surface area contributed by atoms with Gasteiger partial charge in [-0.1, -0.05) is 12.1 Å². The van der Waals surface area contributed by atoms with Gasteiger partial charge in [0.25, 0.3) is 0 Å². The summed E-state index contributed by atoms with van der Waals surface area (Å²) in [4.78, 5) is 11.1. The van der Waals surface area contributed by atoms with E-state index in [1.54, 1.807) is 24.3 Å². The summed E-state index contributed by atoms with van der Waals surface area (Å²) in [6.07, 6.45) is 1.33. The number of carboxylic acids is 1. The Kier molecular flexibility index (Phi) is 4.42. The van der Waals surface area contributed by atoms with Crippen molar-refractivity contribution in [3.05, 3.63) is 41.0 Å². The Morgan fingerprint density at radius 1 is 1.25 bits per heavy atom. The smallest absolute Gasteiger partial charge is 0.331 e. The third-order valence-corrected chi connectivity index (χ3v) is 3.69. The molecule has 2 atom stereocenters. The van der Waals surface area contributed by atoms with Crippen molar-refractivity contribution in [2.75, 3.05) is 0 Å². The van der Waals surface area contributed by atoms with Gasteiger partial charge >= 0.3 is 5.97 Å². The number of rotatable bonds is 5. The highest BCUT2D eigenvalue weighted by Gasteiger charge is 2.28. The Bertz CT molecular complexity index is 521. The average molecular weight is 277 g/mol. The zero-order valence-corrected chi connectivity index (χ0v) is 11.1. The number of hydrogen-bond acceptors (Lipinski definition) is 4. The van der Waals surface area contributed by atoms with E-state index in [1.165, 1.54) is 0 Å². The molecule has 0 heterocycles. The maximum Gasteiger partial charge on any atom is 0.331 e. The molecule has 5 heteroatoms. The molecule has 1 aromatic carbocycles. The number of aromatic hydroxyl groups is 1. The van der Waals surface area contributed by atoms with Crippen molar-refractivity contribution in [2.24, 2.45) is 5.73 Å². The first-order valence-corrected chi connectivity index (χ1v) is 6.66. The molecule has 0 amide bonds. The van der Waals surface area contributed by atoms with Crippen LogP contribution in [0.2, 0.25) is 0 Å². The molecule has 0 aromatic heterocycles. The Hall–Kier alpha value is -1.85. The molecule has 5 N–H and O–H groups in total. The van der Waals surface area contributed by atoms with E-state index in [2.05, 4.69) is 0 Å². The van der Waals surface area contributed by atoms with Crippen molar-refractivity contribution in [3.63, 3.8) is 0 Å². The van der Waals surface area contributed by atoms with Crippen molar-refractivity contribution in [1.82, 2.24) is 0 Å². The van der Waals surface area contributed by atoms with Gasteiger partial charge in [-0.2, -0.15) is 0 Å². The minimum atomic E-state index is -0.964. The summed E-state index contributed by atoms with van der Waals surface area (Å²) in [7, 11) is 0.